The third-order valence-electron chi connectivity index (χ3n) is 4.64. The summed E-state index contributed by atoms with van der Waals surface area (Å²) in [6.45, 7) is 5.05. The van der Waals surface area contributed by atoms with Crippen LogP contribution in [0.2, 0.25) is 10.0 Å². The van der Waals surface area contributed by atoms with Gasteiger partial charge in [0.1, 0.15) is 0 Å². The van der Waals surface area contributed by atoms with Gasteiger partial charge in [0.25, 0.3) is 5.91 Å². The topological polar surface area (TPSA) is 71.3 Å². The van der Waals surface area contributed by atoms with Crippen LogP contribution in [0.1, 0.15) is 35.5 Å². The van der Waals surface area contributed by atoms with E-state index in [-0.39, 0.29) is 50.2 Å². The third-order valence-corrected chi connectivity index (χ3v) is 5.38. The van der Waals surface area contributed by atoms with Crippen molar-refractivity contribution >= 4 is 45.9 Å². The van der Waals surface area contributed by atoms with Gasteiger partial charge in [-0.3, -0.25) is 14.2 Å². The summed E-state index contributed by atoms with van der Waals surface area (Å²) in [5.41, 5.74) is 0.438. The Morgan fingerprint density at radius 3 is 2.43 bits per heavy atom. The van der Waals surface area contributed by atoms with Crippen LogP contribution >= 0.6 is 23.2 Å². The average Bonchev–Trinajstić information content (AvgIpc) is 2.92. The summed E-state index contributed by atoms with van der Waals surface area (Å²) >= 11 is 11.9. The van der Waals surface area contributed by atoms with Crippen molar-refractivity contribution in [3.63, 3.8) is 0 Å². The Morgan fingerprint density at radius 2 is 1.83 bits per heavy atom. The molecule has 0 atom stereocenters. The summed E-state index contributed by atoms with van der Waals surface area (Å²) in [7, 11) is 0. The van der Waals surface area contributed by atoms with Gasteiger partial charge in [0.2, 0.25) is 5.91 Å². The Hall–Kier alpha value is -2.64. The molecule has 3 aromatic rings. The number of phenols is 1. The summed E-state index contributed by atoms with van der Waals surface area (Å²) in [5, 5.41) is 12.6. The van der Waals surface area contributed by atoms with Crippen LogP contribution < -0.4 is 5.32 Å². The lowest BCUT2D eigenvalue weighted by molar-refractivity contribution is -0.120. The van der Waals surface area contributed by atoms with Gasteiger partial charge in [0, 0.05) is 28.8 Å². The number of hydrogen-bond donors (Lipinski definition) is 2. The molecule has 0 radical (unpaired) electrons. The molecule has 0 fully saturated rings. The van der Waals surface area contributed by atoms with Crippen molar-refractivity contribution in [1.82, 2.24) is 9.88 Å². The van der Waals surface area contributed by atoms with Gasteiger partial charge in [-0.1, -0.05) is 23.2 Å². The van der Waals surface area contributed by atoms with E-state index in [0.717, 1.165) is 10.6 Å². The van der Waals surface area contributed by atoms with E-state index in [9.17, 15) is 23.5 Å². The van der Waals surface area contributed by atoms with Crippen molar-refractivity contribution in [2.45, 2.75) is 33.2 Å². The van der Waals surface area contributed by atoms with Crippen LogP contribution in [0.25, 0.3) is 10.9 Å². The number of aromatic nitrogens is 1. The molecule has 0 bridgehead atoms. The standard InChI is InChI=1S/C21H18Cl2F2N2O3/c1-9(2)26-17(28)7-12-10(3)27(16-8-15(24)20(29)19(25)18(12)16)21(30)11-4-5-13(22)14(23)6-11/h4-6,8-9,29H,7H2,1-3H3,(H,26,28). The second kappa shape index (κ2) is 8.24. The Morgan fingerprint density at radius 1 is 1.17 bits per heavy atom. The predicted molar refractivity (Wildman–Crippen MR) is 111 cm³/mol. The normalized spacial score (nSPS) is 11.3. The highest BCUT2D eigenvalue weighted by Crippen LogP contribution is 2.36. The summed E-state index contributed by atoms with van der Waals surface area (Å²) < 4.78 is 30.0. The maximum atomic E-state index is 14.8. The van der Waals surface area contributed by atoms with Gasteiger partial charge in [-0.15, -0.1) is 0 Å². The lowest BCUT2D eigenvalue weighted by Gasteiger charge is -2.10. The molecule has 0 aliphatic rings. The Labute approximate surface area is 181 Å². The monoisotopic (exact) mass is 454 g/mol. The lowest BCUT2D eigenvalue weighted by Crippen LogP contribution is -2.31. The molecule has 0 aliphatic carbocycles. The fraction of sp³-hybridized carbons (Fsp3) is 0.238. The van der Waals surface area contributed by atoms with Gasteiger partial charge in [-0.25, -0.2) is 8.78 Å². The number of amides is 1. The molecule has 30 heavy (non-hydrogen) atoms. The zero-order valence-electron chi connectivity index (χ0n) is 16.3. The molecule has 0 unspecified atom stereocenters. The molecule has 158 valence electrons. The van der Waals surface area contributed by atoms with Crippen LogP contribution in [0.5, 0.6) is 5.75 Å². The number of benzene rings is 2. The highest BCUT2D eigenvalue weighted by Gasteiger charge is 2.27. The first kappa shape index (κ1) is 22.1. The van der Waals surface area contributed by atoms with E-state index in [1.54, 1.807) is 13.8 Å². The number of nitrogens with one attached hydrogen (secondary N) is 1. The summed E-state index contributed by atoms with van der Waals surface area (Å²) in [5.74, 6) is -4.65. The van der Waals surface area contributed by atoms with E-state index < -0.39 is 29.2 Å². The number of aromatic hydroxyl groups is 1. The molecule has 0 aliphatic heterocycles. The molecule has 0 saturated carbocycles. The maximum absolute atomic E-state index is 14.8. The highest BCUT2D eigenvalue weighted by molar-refractivity contribution is 6.42. The first-order chi connectivity index (χ1) is 14.0. The minimum atomic E-state index is -1.24. The van der Waals surface area contributed by atoms with E-state index in [0.29, 0.717) is 0 Å². The molecule has 0 saturated heterocycles. The van der Waals surface area contributed by atoms with Crippen molar-refractivity contribution in [2.75, 3.05) is 0 Å². The van der Waals surface area contributed by atoms with E-state index in [1.165, 1.54) is 25.1 Å². The molecule has 2 N–H and O–H groups in total. The molecular formula is C21H18Cl2F2N2O3. The summed E-state index contributed by atoms with van der Waals surface area (Å²) in [6.07, 6.45) is -0.260. The minimum absolute atomic E-state index is 0.108. The van der Waals surface area contributed by atoms with Gasteiger partial charge in [0.05, 0.1) is 22.0 Å². The number of carbonyl (C=O) groups is 2. The second-order valence-electron chi connectivity index (χ2n) is 7.15. The summed E-state index contributed by atoms with van der Waals surface area (Å²) in [4.78, 5) is 25.5. The van der Waals surface area contributed by atoms with Gasteiger partial charge in [0.15, 0.2) is 17.4 Å². The number of halogens is 4. The van der Waals surface area contributed by atoms with Crippen LogP contribution in [-0.2, 0) is 11.2 Å². The number of rotatable bonds is 4. The third kappa shape index (κ3) is 3.87. The van der Waals surface area contributed by atoms with Crippen LogP contribution in [0.4, 0.5) is 8.78 Å². The molecule has 5 nitrogen and oxygen atoms in total. The van der Waals surface area contributed by atoms with Crippen molar-refractivity contribution in [2.24, 2.45) is 0 Å². The second-order valence-corrected chi connectivity index (χ2v) is 7.96. The zero-order chi connectivity index (χ0) is 22.3. The molecule has 1 amide bonds. The Kier molecular flexibility index (Phi) is 6.06. The number of carbonyl (C=O) groups excluding carboxylic acids is 2. The Bertz CT molecular complexity index is 1190. The summed E-state index contributed by atoms with van der Waals surface area (Å²) in [6, 6.07) is 4.91. The fourth-order valence-corrected chi connectivity index (χ4v) is 3.62. The van der Waals surface area contributed by atoms with Crippen LogP contribution in [0.3, 0.4) is 0 Å². The number of hydrogen-bond acceptors (Lipinski definition) is 3. The highest BCUT2D eigenvalue weighted by atomic mass is 35.5. The van der Waals surface area contributed by atoms with E-state index >= 15 is 0 Å². The fourth-order valence-electron chi connectivity index (χ4n) is 3.33. The van der Waals surface area contributed by atoms with Gasteiger partial charge < -0.3 is 10.4 Å². The van der Waals surface area contributed by atoms with Crippen molar-refractivity contribution in [3.8, 4) is 5.75 Å². The molecule has 2 aromatic carbocycles. The largest absolute Gasteiger partial charge is 0.503 e. The van der Waals surface area contributed by atoms with Crippen LogP contribution in [0.15, 0.2) is 24.3 Å². The zero-order valence-corrected chi connectivity index (χ0v) is 17.8. The predicted octanol–water partition coefficient (Wildman–Crippen LogP) is 5.00. The molecule has 9 heteroatoms. The first-order valence-electron chi connectivity index (χ1n) is 9.02. The Balaban J connectivity index is 2.26. The number of fused-ring (bicyclic) bond motifs is 1. The number of nitrogens with zero attached hydrogens (tertiary/aromatic N) is 1. The van der Waals surface area contributed by atoms with Crippen molar-refractivity contribution in [3.05, 3.63) is 62.8 Å². The van der Waals surface area contributed by atoms with Gasteiger partial charge >= 0.3 is 0 Å². The molecule has 0 spiro atoms. The van der Waals surface area contributed by atoms with Crippen molar-refractivity contribution in [1.29, 1.82) is 0 Å². The van der Waals surface area contributed by atoms with E-state index in [2.05, 4.69) is 5.32 Å². The van der Waals surface area contributed by atoms with Gasteiger partial charge in [-0.05, 0) is 44.5 Å². The van der Waals surface area contributed by atoms with E-state index in [1.807, 2.05) is 0 Å². The molecule has 1 heterocycles. The average molecular weight is 455 g/mol. The maximum Gasteiger partial charge on any atom is 0.262 e. The quantitative estimate of drug-likeness (QED) is 0.582. The SMILES string of the molecule is Cc1c(CC(=O)NC(C)C)c2c(F)c(O)c(F)cc2n1C(=O)c1ccc(Cl)c(Cl)c1. The smallest absolute Gasteiger partial charge is 0.262 e. The minimum Gasteiger partial charge on any atom is -0.503 e. The first-order valence-corrected chi connectivity index (χ1v) is 9.78. The van der Waals surface area contributed by atoms with Crippen LogP contribution in [0, 0.1) is 18.6 Å². The van der Waals surface area contributed by atoms with Crippen LogP contribution in [-0.4, -0.2) is 27.5 Å². The molecular weight excluding hydrogens is 437 g/mol. The lowest BCUT2D eigenvalue weighted by atomic mass is 10.1. The molecule has 3 rings (SSSR count). The molecule has 1 aromatic heterocycles. The number of phenolic OH excluding ortho intramolecular Hbond substituents is 1. The van der Waals surface area contributed by atoms with Crippen molar-refractivity contribution < 1.29 is 23.5 Å². The van der Waals surface area contributed by atoms with Gasteiger partial charge in [-0.2, -0.15) is 0 Å². The van der Waals surface area contributed by atoms with E-state index in [4.69, 9.17) is 23.2 Å².